The number of hydrogen-bond acceptors (Lipinski definition) is 5. The van der Waals surface area contributed by atoms with Crippen LogP contribution in [0.25, 0.3) is 0 Å². The number of carbonyl (C=O) groups is 2. The van der Waals surface area contributed by atoms with Gasteiger partial charge in [0.2, 0.25) is 11.8 Å². The summed E-state index contributed by atoms with van der Waals surface area (Å²) >= 11 is 0. The number of likely N-dealkylation sites (tertiary alicyclic amines) is 1. The van der Waals surface area contributed by atoms with Crippen LogP contribution in [0.4, 0.5) is 11.5 Å². The molecule has 0 radical (unpaired) electrons. The summed E-state index contributed by atoms with van der Waals surface area (Å²) < 4.78 is 0. The third-order valence-electron chi connectivity index (χ3n) is 6.47. The van der Waals surface area contributed by atoms with Crippen LogP contribution in [-0.2, 0) is 22.6 Å². The molecule has 33 heavy (non-hydrogen) atoms. The Morgan fingerprint density at radius 1 is 1.15 bits per heavy atom. The van der Waals surface area contributed by atoms with Crippen molar-refractivity contribution in [1.29, 1.82) is 0 Å². The normalized spacial score (nSPS) is 19.0. The van der Waals surface area contributed by atoms with E-state index >= 15 is 0 Å². The van der Waals surface area contributed by atoms with Crippen molar-refractivity contribution in [1.82, 2.24) is 14.9 Å². The van der Waals surface area contributed by atoms with Crippen LogP contribution in [0.15, 0.2) is 24.3 Å². The molecule has 1 aromatic heterocycles. The summed E-state index contributed by atoms with van der Waals surface area (Å²) in [6, 6.07) is 8.17. The Balaban J connectivity index is 1.60. The molecule has 0 bridgehead atoms. The molecule has 7 nitrogen and oxygen atoms in total. The third kappa shape index (κ3) is 5.41. The van der Waals surface area contributed by atoms with Crippen molar-refractivity contribution in [3.63, 3.8) is 0 Å². The maximum atomic E-state index is 12.7. The summed E-state index contributed by atoms with van der Waals surface area (Å²) in [5, 5.41) is 2.82. The van der Waals surface area contributed by atoms with Gasteiger partial charge in [0.05, 0.1) is 6.04 Å². The van der Waals surface area contributed by atoms with E-state index in [1.165, 1.54) is 12.5 Å². The molecule has 1 N–H and O–H groups in total. The molecule has 0 aliphatic carbocycles. The molecule has 1 fully saturated rings. The number of hydrogen-bond donors (Lipinski definition) is 1. The minimum atomic E-state index is -0.0660. The highest BCUT2D eigenvalue weighted by molar-refractivity contribution is 5.95. The predicted octanol–water partition coefficient (Wildman–Crippen LogP) is 4.41. The lowest BCUT2D eigenvalue weighted by Gasteiger charge is -2.36. The summed E-state index contributed by atoms with van der Waals surface area (Å²) in [6.07, 6.45) is 4.58. The first-order valence-electron chi connectivity index (χ1n) is 12.1. The van der Waals surface area contributed by atoms with E-state index in [0.29, 0.717) is 18.9 Å². The fraction of sp³-hybridized carbons (Fsp3) is 0.538. The Labute approximate surface area is 196 Å². The van der Waals surface area contributed by atoms with Crippen LogP contribution in [0.1, 0.15) is 75.1 Å². The first-order valence-corrected chi connectivity index (χ1v) is 12.1. The summed E-state index contributed by atoms with van der Waals surface area (Å²) in [5.74, 6) is 2.14. The second-order valence-corrected chi connectivity index (χ2v) is 9.73. The molecule has 1 atom stereocenters. The maximum Gasteiger partial charge on any atom is 0.228 e. The zero-order valence-corrected chi connectivity index (χ0v) is 20.2. The van der Waals surface area contributed by atoms with Gasteiger partial charge in [-0.1, -0.05) is 32.4 Å². The molecule has 1 saturated heterocycles. The second-order valence-electron chi connectivity index (χ2n) is 9.73. The van der Waals surface area contributed by atoms with Crippen LogP contribution in [-0.4, -0.2) is 39.8 Å². The third-order valence-corrected chi connectivity index (χ3v) is 6.47. The van der Waals surface area contributed by atoms with Crippen molar-refractivity contribution in [2.45, 2.75) is 72.4 Å². The highest BCUT2D eigenvalue weighted by atomic mass is 16.2. The van der Waals surface area contributed by atoms with Crippen LogP contribution in [0.5, 0.6) is 0 Å². The number of rotatable bonds is 6. The van der Waals surface area contributed by atoms with E-state index < -0.39 is 0 Å². The number of amides is 2. The number of fused-ring (bicyclic) bond motifs is 1. The molecule has 2 aliphatic rings. The minimum Gasteiger partial charge on any atom is -0.326 e. The van der Waals surface area contributed by atoms with Gasteiger partial charge in [0, 0.05) is 43.4 Å². The van der Waals surface area contributed by atoms with Crippen LogP contribution in [0, 0.1) is 12.8 Å². The summed E-state index contributed by atoms with van der Waals surface area (Å²) in [7, 11) is 0. The van der Waals surface area contributed by atoms with E-state index in [1.54, 1.807) is 0 Å². The average molecular weight is 450 g/mol. The lowest BCUT2D eigenvalue weighted by atomic mass is 9.98. The number of anilines is 2. The van der Waals surface area contributed by atoms with Gasteiger partial charge in [-0.2, -0.15) is 0 Å². The number of aromatic nitrogens is 2. The smallest absolute Gasteiger partial charge is 0.228 e. The van der Waals surface area contributed by atoms with E-state index in [4.69, 9.17) is 9.97 Å². The van der Waals surface area contributed by atoms with Gasteiger partial charge in [-0.25, -0.2) is 9.97 Å². The van der Waals surface area contributed by atoms with Crippen molar-refractivity contribution in [3.8, 4) is 0 Å². The zero-order chi connectivity index (χ0) is 23.5. The SMILES string of the molecule is CC(=O)Nc1ccc(CN2CCCCC2c2nc(C)c3c(n2)N(CC(C)C)C(=O)CC3)cc1. The fourth-order valence-electron chi connectivity index (χ4n) is 4.91. The Kier molecular flexibility index (Phi) is 7.08. The van der Waals surface area contributed by atoms with Gasteiger partial charge in [-0.3, -0.25) is 19.4 Å². The van der Waals surface area contributed by atoms with Gasteiger partial charge in [0.15, 0.2) is 0 Å². The van der Waals surface area contributed by atoms with Crippen molar-refractivity contribution >= 4 is 23.3 Å². The molecule has 2 aromatic rings. The molecule has 0 saturated carbocycles. The molecule has 0 spiro atoms. The van der Waals surface area contributed by atoms with Gasteiger partial charge in [0.1, 0.15) is 11.6 Å². The Morgan fingerprint density at radius 3 is 2.61 bits per heavy atom. The molecule has 2 amide bonds. The van der Waals surface area contributed by atoms with Gasteiger partial charge in [-0.15, -0.1) is 0 Å². The number of carbonyl (C=O) groups excluding carboxylic acids is 2. The van der Waals surface area contributed by atoms with E-state index in [9.17, 15) is 9.59 Å². The van der Waals surface area contributed by atoms with Crippen molar-refractivity contribution < 1.29 is 9.59 Å². The molecule has 1 aromatic carbocycles. The number of piperidine rings is 1. The van der Waals surface area contributed by atoms with Gasteiger partial charge < -0.3 is 5.32 Å². The summed E-state index contributed by atoms with van der Waals surface area (Å²) in [4.78, 5) is 38.3. The first-order chi connectivity index (χ1) is 15.8. The molecule has 3 heterocycles. The van der Waals surface area contributed by atoms with Gasteiger partial charge >= 0.3 is 0 Å². The zero-order valence-electron chi connectivity index (χ0n) is 20.2. The monoisotopic (exact) mass is 449 g/mol. The largest absolute Gasteiger partial charge is 0.326 e. The quantitative estimate of drug-likeness (QED) is 0.707. The Morgan fingerprint density at radius 2 is 1.91 bits per heavy atom. The first kappa shape index (κ1) is 23.4. The highest BCUT2D eigenvalue weighted by Gasteiger charge is 2.32. The number of benzene rings is 1. The number of nitrogens with zero attached hydrogens (tertiary/aromatic N) is 4. The van der Waals surface area contributed by atoms with E-state index in [1.807, 2.05) is 17.0 Å². The molecular weight excluding hydrogens is 414 g/mol. The minimum absolute atomic E-state index is 0.0660. The number of aryl methyl sites for hydroxylation is 1. The van der Waals surface area contributed by atoms with Crippen molar-refractivity contribution in [2.75, 3.05) is 23.3 Å². The summed E-state index contributed by atoms with van der Waals surface area (Å²) in [6.45, 7) is 10.3. The van der Waals surface area contributed by atoms with Crippen LogP contribution in [0.2, 0.25) is 0 Å². The molecule has 1 unspecified atom stereocenters. The topological polar surface area (TPSA) is 78.4 Å². The lowest BCUT2D eigenvalue weighted by molar-refractivity contribution is -0.119. The molecule has 4 rings (SSSR count). The molecule has 7 heteroatoms. The van der Waals surface area contributed by atoms with Crippen LogP contribution in [0.3, 0.4) is 0 Å². The maximum absolute atomic E-state index is 12.7. The van der Waals surface area contributed by atoms with E-state index in [2.05, 4.69) is 43.1 Å². The standard InChI is InChI=1S/C26H35N5O2/c1-17(2)15-31-24(33)13-12-22-18(3)27-25(29-26(22)31)23-7-5-6-14-30(23)16-20-8-10-21(11-9-20)28-19(4)32/h8-11,17,23H,5-7,12-16H2,1-4H3,(H,28,32). The molecular formula is C26H35N5O2. The van der Waals surface area contributed by atoms with E-state index in [-0.39, 0.29) is 17.9 Å². The fourth-order valence-corrected chi connectivity index (χ4v) is 4.91. The van der Waals surface area contributed by atoms with Gasteiger partial charge in [-0.05, 0) is 56.3 Å². The van der Waals surface area contributed by atoms with Crippen molar-refractivity contribution in [2.24, 2.45) is 5.92 Å². The summed E-state index contributed by atoms with van der Waals surface area (Å²) in [5.41, 5.74) is 4.13. The van der Waals surface area contributed by atoms with Crippen LogP contribution < -0.4 is 10.2 Å². The molecule has 176 valence electrons. The lowest BCUT2D eigenvalue weighted by Crippen LogP contribution is -2.40. The van der Waals surface area contributed by atoms with E-state index in [0.717, 1.165) is 67.4 Å². The van der Waals surface area contributed by atoms with Gasteiger partial charge in [0.25, 0.3) is 0 Å². The Bertz CT molecular complexity index is 1020. The second kappa shape index (κ2) is 10.00. The number of nitrogens with one attached hydrogen (secondary N) is 1. The predicted molar refractivity (Wildman–Crippen MR) is 130 cm³/mol. The highest BCUT2D eigenvalue weighted by Crippen LogP contribution is 2.35. The van der Waals surface area contributed by atoms with Crippen molar-refractivity contribution in [3.05, 3.63) is 46.9 Å². The Hall–Kier alpha value is -2.80. The average Bonchev–Trinajstić information content (AvgIpc) is 2.77. The van der Waals surface area contributed by atoms with Crippen LogP contribution >= 0.6 is 0 Å². The molecule has 2 aliphatic heterocycles.